The molecule has 6 rings (SSSR count). The molecule has 1 N–H and O–H groups in total. The number of benzene rings is 2. The maximum Gasteiger partial charge on any atom is 0.227 e. The van der Waals surface area contributed by atoms with Crippen LogP contribution in [0.1, 0.15) is 49.8 Å². The smallest absolute Gasteiger partial charge is 0.227 e. The predicted molar refractivity (Wildman–Crippen MR) is 142 cm³/mol. The van der Waals surface area contributed by atoms with Gasteiger partial charge in [-0.3, -0.25) is 4.79 Å². The van der Waals surface area contributed by atoms with E-state index in [2.05, 4.69) is 37.9 Å². The van der Waals surface area contributed by atoms with Gasteiger partial charge in [-0.15, -0.1) is 0 Å². The molecule has 2 aromatic carbocycles. The van der Waals surface area contributed by atoms with Crippen molar-refractivity contribution in [3.05, 3.63) is 63.1 Å². The summed E-state index contributed by atoms with van der Waals surface area (Å²) in [4.78, 5) is 18.3. The fourth-order valence-electron chi connectivity index (χ4n) is 7.76. The highest BCUT2D eigenvalue weighted by atomic mass is 35.5. The Morgan fingerprint density at radius 2 is 2.03 bits per heavy atom. The van der Waals surface area contributed by atoms with Crippen molar-refractivity contribution in [1.29, 1.82) is 0 Å². The molecule has 4 aliphatic rings. The second-order valence-electron chi connectivity index (χ2n) is 11.6. The Morgan fingerprint density at radius 1 is 1.22 bits per heavy atom. The number of hydrogen-bond donors (Lipinski definition) is 1. The van der Waals surface area contributed by atoms with Crippen LogP contribution < -0.4 is 4.74 Å². The molecule has 2 aliphatic heterocycles. The number of amides is 1. The molecule has 1 amide bonds. The summed E-state index contributed by atoms with van der Waals surface area (Å²) >= 11 is 12.4. The highest BCUT2D eigenvalue weighted by Crippen LogP contribution is 2.64. The molecule has 1 spiro atoms. The van der Waals surface area contributed by atoms with E-state index in [1.54, 1.807) is 12.1 Å². The quantitative estimate of drug-likeness (QED) is 0.601. The van der Waals surface area contributed by atoms with Gasteiger partial charge in [0.25, 0.3) is 0 Å². The molecule has 2 heterocycles. The third-order valence-corrected chi connectivity index (χ3v) is 9.96. The first-order valence-electron chi connectivity index (χ1n) is 13.1. The van der Waals surface area contributed by atoms with E-state index < -0.39 is 11.0 Å². The van der Waals surface area contributed by atoms with Crippen molar-refractivity contribution in [2.24, 2.45) is 5.92 Å². The van der Waals surface area contributed by atoms with Crippen LogP contribution in [-0.2, 0) is 23.1 Å². The van der Waals surface area contributed by atoms with E-state index in [1.807, 2.05) is 17.0 Å². The lowest BCUT2D eigenvalue weighted by Crippen LogP contribution is -2.78. The van der Waals surface area contributed by atoms with Gasteiger partial charge in [0, 0.05) is 18.2 Å². The van der Waals surface area contributed by atoms with Crippen molar-refractivity contribution in [1.82, 2.24) is 9.80 Å². The molecule has 0 aromatic heterocycles. The maximum atomic E-state index is 13.9. The van der Waals surface area contributed by atoms with Crippen LogP contribution in [0.2, 0.25) is 10.0 Å². The lowest BCUT2D eigenvalue weighted by Gasteiger charge is -2.64. The van der Waals surface area contributed by atoms with Crippen molar-refractivity contribution in [3.63, 3.8) is 0 Å². The Morgan fingerprint density at radius 3 is 2.78 bits per heavy atom. The molecule has 36 heavy (non-hydrogen) atoms. The van der Waals surface area contributed by atoms with Crippen LogP contribution in [-0.4, -0.2) is 64.7 Å². The molecule has 1 saturated carbocycles. The summed E-state index contributed by atoms with van der Waals surface area (Å²) in [7, 11) is 2.13. The maximum absolute atomic E-state index is 13.9. The molecule has 2 aliphatic carbocycles. The summed E-state index contributed by atoms with van der Waals surface area (Å²) < 4.78 is 6.78. The van der Waals surface area contributed by atoms with Crippen LogP contribution >= 0.6 is 23.2 Å². The van der Waals surface area contributed by atoms with Gasteiger partial charge in [-0.1, -0.05) is 55.2 Å². The molecule has 2 bridgehead atoms. The number of likely N-dealkylation sites (N-methyl/N-ethyl adjacent to an activating group) is 1. The summed E-state index contributed by atoms with van der Waals surface area (Å²) in [6.07, 6.45) is 3.04. The van der Waals surface area contributed by atoms with Gasteiger partial charge in [-0.2, -0.15) is 0 Å². The van der Waals surface area contributed by atoms with Crippen molar-refractivity contribution >= 4 is 29.1 Å². The van der Waals surface area contributed by atoms with Crippen LogP contribution in [0.5, 0.6) is 5.75 Å². The van der Waals surface area contributed by atoms with E-state index in [-0.39, 0.29) is 30.5 Å². The van der Waals surface area contributed by atoms with E-state index in [0.29, 0.717) is 28.9 Å². The van der Waals surface area contributed by atoms with Crippen LogP contribution in [0.3, 0.4) is 0 Å². The Balaban J connectivity index is 1.40. The molecule has 2 unspecified atom stereocenters. The number of hydrogen-bond acceptors (Lipinski definition) is 4. The van der Waals surface area contributed by atoms with E-state index in [9.17, 15) is 9.90 Å². The highest BCUT2D eigenvalue weighted by Gasteiger charge is 2.72. The van der Waals surface area contributed by atoms with Gasteiger partial charge in [-0.05, 0) is 74.5 Å². The number of aliphatic hydroxyl groups is 1. The Bertz CT molecular complexity index is 1220. The summed E-state index contributed by atoms with van der Waals surface area (Å²) in [5, 5.41) is 13.4. The zero-order valence-electron chi connectivity index (χ0n) is 21.1. The molecule has 0 radical (unpaired) electrons. The van der Waals surface area contributed by atoms with Gasteiger partial charge in [0.2, 0.25) is 5.91 Å². The minimum atomic E-state index is -0.864. The first-order valence-corrected chi connectivity index (χ1v) is 13.9. The Labute approximate surface area is 223 Å². The zero-order valence-corrected chi connectivity index (χ0v) is 22.6. The molecule has 1 saturated heterocycles. The standard InChI is InChI=1S/C29H34Cl2N2O3/c1-17(2)16-33(25(34)14-18-7-8-20(30)21(31)13-18)22-9-10-29(35)24-15-19-5-4-6-23-26(19)28(29,27(22)36-23)11-12-32(24)3/h4-8,13,17,22,24,27,35H,9-12,14-16H2,1-3H3/t22?,24-,27?,28+,29-/m1/s1. The summed E-state index contributed by atoms with van der Waals surface area (Å²) in [5.74, 6) is 1.26. The van der Waals surface area contributed by atoms with E-state index in [1.165, 1.54) is 11.1 Å². The molecule has 7 heteroatoms. The SMILES string of the molecule is CC(C)CN(C(=O)Cc1ccc(Cl)c(Cl)c1)C1CC[C@@]2(O)[C@H]3Cc4cccc5c4[C@@]2(CCN3C)C1O5. The third-order valence-electron chi connectivity index (χ3n) is 9.22. The average Bonchev–Trinajstić information content (AvgIpc) is 3.17. The van der Waals surface area contributed by atoms with E-state index in [0.717, 1.165) is 37.1 Å². The van der Waals surface area contributed by atoms with Gasteiger partial charge in [0.15, 0.2) is 0 Å². The number of carbonyl (C=O) groups is 1. The van der Waals surface area contributed by atoms with Gasteiger partial charge in [0.05, 0.1) is 33.5 Å². The van der Waals surface area contributed by atoms with Gasteiger partial charge in [-0.25, -0.2) is 0 Å². The fourth-order valence-corrected chi connectivity index (χ4v) is 8.08. The average molecular weight is 530 g/mol. The number of rotatable bonds is 5. The minimum absolute atomic E-state index is 0.0598. The second kappa shape index (κ2) is 8.62. The largest absolute Gasteiger partial charge is 0.487 e. The van der Waals surface area contributed by atoms with Crippen LogP contribution in [0.25, 0.3) is 0 Å². The van der Waals surface area contributed by atoms with E-state index >= 15 is 0 Å². The Kier molecular flexibility index (Phi) is 5.88. The van der Waals surface area contributed by atoms with Crippen molar-refractivity contribution in [2.75, 3.05) is 20.1 Å². The molecule has 2 fully saturated rings. The second-order valence-corrected chi connectivity index (χ2v) is 12.5. The van der Waals surface area contributed by atoms with Gasteiger partial charge < -0.3 is 19.6 Å². The van der Waals surface area contributed by atoms with Crippen molar-refractivity contribution < 1.29 is 14.6 Å². The number of carbonyl (C=O) groups excluding carboxylic acids is 1. The highest BCUT2D eigenvalue weighted by molar-refractivity contribution is 6.42. The fraction of sp³-hybridized carbons (Fsp3) is 0.552. The monoisotopic (exact) mass is 528 g/mol. The molecule has 5 atom stereocenters. The topological polar surface area (TPSA) is 53.0 Å². The number of piperidine rings is 1. The summed E-state index contributed by atoms with van der Waals surface area (Å²) in [6, 6.07) is 11.7. The predicted octanol–water partition coefficient (Wildman–Crippen LogP) is 4.87. The number of halogens is 2. The van der Waals surface area contributed by atoms with Crippen LogP contribution in [0, 0.1) is 5.92 Å². The summed E-state index contributed by atoms with van der Waals surface area (Å²) in [6.45, 7) is 5.84. The third kappa shape index (κ3) is 3.39. The molecular formula is C29H34Cl2N2O3. The molecule has 5 nitrogen and oxygen atoms in total. The van der Waals surface area contributed by atoms with Crippen molar-refractivity contribution in [3.8, 4) is 5.75 Å². The number of ether oxygens (including phenoxy) is 1. The first kappa shape index (κ1) is 24.5. The first-order chi connectivity index (χ1) is 17.2. The lowest BCUT2D eigenvalue weighted by atomic mass is 9.48. The normalized spacial score (nSPS) is 32.2. The van der Waals surface area contributed by atoms with Gasteiger partial charge >= 0.3 is 0 Å². The van der Waals surface area contributed by atoms with Crippen molar-refractivity contribution in [2.45, 2.75) is 75.2 Å². The lowest BCUT2D eigenvalue weighted by molar-refractivity contribution is -0.198. The Hall–Kier alpha value is -1.79. The number of likely N-dealkylation sites (tertiary alicyclic amines) is 1. The van der Waals surface area contributed by atoms with E-state index in [4.69, 9.17) is 27.9 Å². The summed E-state index contributed by atoms with van der Waals surface area (Å²) in [5.41, 5.74) is 1.99. The molecule has 2 aromatic rings. The van der Waals surface area contributed by atoms with Crippen LogP contribution in [0.15, 0.2) is 36.4 Å². The zero-order chi connectivity index (χ0) is 25.4. The van der Waals surface area contributed by atoms with Crippen LogP contribution in [0.4, 0.5) is 0 Å². The molecule has 192 valence electrons. The van der Waals surface area contributed by atoms with Gasteiger partial charge in [0.1, 0.15) is 11.9 Å². The number of nitrogens with zero attached hydrogens (tertiary/aromatic N) is 2. The minimum Gasteiger partial charge on any atom is -0.487 e. The molecular weight excluding hydrogens is 495 g/mol.